The Hall–Kier alpha value is -2.30. The van der Waals surface area contributed by atoms with Crippen molar-refractivity contribution in [3.05, 3.63) is 71.3 Å². The molecule has 0 aliphatic heterocycles. The maximum Gasteiger partial charge on any atom is 0.437 e. The van der Waals surface area contributed by atoms with Crippen LogP contribution in [0, 0.1) is 0 Å². The van der Waals surface area contributed by atoms with Crippen molar-refractivity contribution < 1.29 is 18.4 Å². The topological polar surface area (TPSA) is 32.6 Å². The molecule has 0 atom stereocenters. The van der Waals surface area contributed by atoms with Gasteiger partial charge in [-0.2, -0.15) is 13.2 Å². The molecule has 104 valence electrons. The van der Waals surface area contributed by atoms with Gasteiger partial charge in [0.25, 0.3) is 0 Å². The Morgan fingerprint density at radius 2 is 1.45 bits per heavy atom. The van der Waals surface area contributed by atoms with Crippen molar-refractivity contribution in [2.75, 3.05) is 0 Å². The van der Waals surface area contributed by atoms with Crippen LogP contribution in [-0.4, -0.2) is 17.1 Å². The van der Waals surface area contributed by atoms with Gasteiger partial charge in [0.05, 0.1) is 0 Å². The van der Waals surface area contributed by atoms with Crippen molar-refractivity contribution in [3.63, 3.8) is 0 Å². The fourth-order valence-electron chi connectivity index (χ4n) is 1.89. The minimum Gasteiger partial charge on any atom is -0.410 e. The monoisotopic (exact) mass is 279 g/mol. The summed E-state index contributed by atoms with van der Waals surface area (Å²) in [7, 11) is 0. The van der Waals surface area contributed by atoms with E-state index in [0.29, 0.717) is 6.42 Å². The second-order valence-corrected chi connectivity index (χ2v) is 4.31. The second kappa shape index (κ2) is 5.77. The number of rotatable bonds is 3. The van der Waals surface area contributed by atoms with Gasteiger partial charge < -0.3 is 5.21 Å². The van der Waals surface area contributed by atoms with Crippen LogP contribution in [0.4, 0.5) is 13.2 Å². The lowest BCUT2D eigenvalue weighted by atomic mass is 10.0. The molecule has 0 saturated heterocycles. The molecule has 20 heavy (non-hydrogen) atoms. The standard InChI is InChI=1S/C15H12F3NO/c16-15(17,18)14(19-20)13-8-6-12(7-9-13)10-11-4-2-1-3-5-11/h1-9,20H,10H2. The molecular formula is C15H12F3NO. The third-order valence-corrected chi connectivity index (χ3v) is 2.85. The average molecular weight is 279 g/mol. The van der Waals surface area contributed by atoms with E-state index in [-0.39, 0.29) is 5.56 Å². The molecule has 0 aliphatic carbocycles. The van der Waals surface area contributed by atoms with E-state index in [1.165, 1.54) is 12.1 Å². The van der Waals surface area contributed by atoms with Crippen LogP contribution in [0.1, 0.15) is 16.7 Å². The van der Waals surface area contributed by atoms with Crippen molar-refractivity contribution in [2.24, 2.45) is 5.16 Å². The Morgan fingerprint density at radius 1 is 0.900 bits per heavy atom. The Balaban J connectivity index is 2.19. The van der Waals surface area contributed by atoms with Crippen molar-refractivity contribution in [3.8, 4) is 0 Å². The number of alkyl halides is 3. The molecule has 0 heterocycles. The van der Waals surface area contributed by atoms with E-state index in [1.807, 2.05) is 30.3 Å². The smallest absolute Gasteiger partial charge is 0.410 e. The maximum absolute atomic E-state index is 12.6. The van der Waals surface area contributed by atoms with Crippen molar-refractivity contribution >= 4 is 5.71 Å². The molecular weight excluding hydrogens is 267 g/mol. The van der Waals surface area contributed by atoms with Crippen LogP contribution >= 0.6 is 0 Å². The lowest BCUT2D eigenvalue weighted by Gasteiger charge is -2.09. The highest BCUT2D eigenvalue weighted by Crippen LogP contribution is 2.23. The molecule has 0 fully saturated rings. The summed E-state index contributed by atoms with van der Waals surface area (Å²) in [6.45, 7) is 0. The van der Waals surface area contributed by atoms with Gasteiger partial charge in [-0.25, -0.2) is 0 Å². The summed E-state index contributed by atoms with van der Waals surface area (Å²) in [4.78, 5) is 0. The lowest BCUT2D eigenvalue weighted by molar-refractivity contribution is -0.0601. The number of oxime groups is 1. The molecule has 0 amide bonds. The van der Waals surface area contributed by atoms with Gasteiger partial charge in [0.15, 0.2) is 5.71 Å². The van der Waals surface area contributed by atoms with Crippen LogP contribution in [0.5, 0.6) is 0 Å². The van der Waals surface area contributed by atoms with E-state index in [1.54, 1.807) is 12.1 Å². The van der Waals surface area contributed by atoms with Crippen molar-refractivity contribution in [1.29, 1.82) is 0 Å². The highest BCUT2D eigenvalue weighted by atomic mass is 19.4. The van der Waals surface area contributed by atoms with Gasteiger partial charge in [0.2, 0.25) is 0 Å². The van der Waals surface area contributed by atoms with E-state index in [0.717, 1.165) is 11.1 Å². The van der Waals surface area contributed by atoms with E-state index < -0.39 is 11.9 Å². The van der Waals surface area contributed by atoms with Gasteiger partial charge in [0.1, 0.15) is 0 Å². The van der Waals surface area contributed by atoms with E-state index >= 15 is 0 Å². The van der Waals surface area contributed by atoms with E-state index in [2.05, 4.69) is 5.16 Å². The Bertz CT molecular complexity index is 589. The second-order valence-electron chi connectivity index (χ2n) is 4.31. The first kappa shape index (κ1) is 14.1. The Morgan fingerprint density at radius 3 is 1.95 bits per heavy atom. The molecule has 0 spiro atoms. The van der Waals surface area contributed by atoms with Crippen molar-refractivity contribution in [1.82, 2.24) is 0 Å². The molecule has 1 N–H and O–H groups in total. The molecule has 5 heteroatoms. The average Bonchev–Trinajstić information content (AvgIpc) is 2.41. The summed E-state index contributed by atoms with van der Waals surface area (Å²) in [6, 6.07) is 15.4. The summed E-state index contributed by atoms with van der Waals surface area (Å²) in [5.74, 6) is 0. The molecule has 0 aliphatic rings. The number of nitrogens with zero attached hydrogens (tertiary/aromatic N) is 1. The Kier molecular flexibility index (Phi) is 4.08. The molecule has 0 radical (unpaired) electrons. The molecule has 2 aromatic rings. The Labute approximate surface area is 114 Å². The van der Waals surface area contributed by atoms with Crippen LogP contribution in [0.15, 0.2) is 59.8 Å². The maximum atomic E-state index is 12.6. The van der Waals surface area contributed by atoms with Gasteiger partial charge in [-0.05, 0) is 17.5 Å². The quantitative estimate of drug-likeness (QED) is 0.514. The zero-order valence-corrected chi connectivity index (χ0v) is 10.4. The first-order valence-electron chi connectivity index (χ1n) is 5.93. The highest BCUT2D eigenvalue weighted by Gasteiger charge is 2.37. The van der Waals surface area contributed by atoms with Crippen LogP contribution in [0.25, 0.3) is 0 Å². The van der Waals surface area contributed by atoms with Gasteiger partial charge in [-0.1, -0.05) is 59.8 Å². The van der Waals surface area contributed by atoms with Gasteiger partial charge in [0, 0.05) is 5.56 Å². The first-order chi connectivity index (χ1) is 9.50. The minimum atomic E-state index is -4.67. The van der Waals surface area contributed by atoms with Crippen LogP contribution < -0.4 is 0 Å². The SMILES string of the molecule is ON=C(c1ccc(Cc2ccccc2)cc1)C(F)(F)F. The fourth-order valence-corrected chi connectivity index (χ4v) is 1.89. The summed E-state index contributed by atoms with van der Waals surface area (Å²) in [5, 5.41) is 10.8. The predicted molar refractivity (Wildman–Crippen MR) is 70.1 cm³/mol. The molecule has 2 nitrogen and oxygen atoms in total. The zero-order chi connectivity index (χ0) is 14.6. The molecule has 0 bridgehead atoms. The van der Waals surface area contributed by atoms with Gasteiger partial charge in [-0.15, -0.1) is 0 Å². The molecule has 2 aromatic carbocycles. The van der Waals surface area contributed by atoms with E-state index in [9.17, 15) is 13.2 Å². The molecule has 2 rings (SSSR count). The largest absolute Gasteiger partial charge is 0.437 e. The third kappa shape index (κ3) is 3.38. The van der Waals surface area contributed by atoms with E-state index in [4.69, 9.17) is 5.21 Å². The number of benzene rings is 2. The van der Waals surface area contributed by atoms with Crippen LogP contribution in [0.3, 0.4) is 0 Å². The summed E-state index contributed by atoms with van der Waals surface area (Å²) in [6.07, 6.45) is -4.03. The zero-order valence-electron chi connectivity index (χ0n) is 10.4. The molecule has 0 unspecified atom stereocenters. The number of halogens is 3. The molecule has 0 aromatic heterocycles. The predicted octanol–water partition coefficient (Wildman–Crippen LogP) is 4.02. The molecule has 0 saturated carbocycles. The fraction of sp³-hybridized carbons (Fsp3) is 0.133. The summed E-state index contributed by atoms with van der Waals surface area (Å²) >= 11 is 0. The lowest BCUT2D eigenvalue weighted by Crippen LogP contribution is -2.24. The normalized spacial score (nSPS) is 12.4. The van der Waals surface area contributed by atoms with Gasteiger partial charge in [-0.3, -0.25) is 0 Å². The third-order valence-electron chi connectivity index (χ3n) is 2.85. The number of hydrogen-bond acceptors (Lipinski definition) is 2. The van der Waals surface area contributed by atoms with Crippen LogP contribution in [-0.2, 0) is 6.42 Å². The van der Waals surface area contributed by atoms with Crippen molar-refractivity contribution in [2.45, 2.75) is 12.6 Å². The highest BCUT2D eigenvalue weighted by molar-refractivity contribution is 6.04. The summed E-state index contributed by atoms with van der Waals surface area (Å²) < 4.78 is 37.7. The summed E-state index contributed by atoms with van der Waals surface area (Å²) in [5.41, 5.74) is 0.520. The van der Waals surface area contributed by atoms with Crippen LogP contribution in [0.2, 0.25) is 0 Å². The van der Waals surface area contributed by atoms with Gasteiger partial charge >= 0.3 is 6.18 Å². The first-order valence-corrected chi connectivity index (χ1v) is 5.93. The number of hydrogen-bond donors (Lipinski definition) is 1. The minimum absolute atomic E-state index is 0.156.